The summed E-state index contributed by atoms with van der Waals surface area (Å²) in [6.07, 6.45) is 1.52. The van der Waals surface area contributed by atoms with Crippen LogP contribution in [-0.4, -0.2) is 9.97 Å². The zero-order valence-corrected chi connectivity index (χ0v) is 9.78. The zero-order valence-electron chi connectivity index (χ0n) is 7.37. The van der Waals surface area contributed by atoms with E-state index >= 15 is 0 Å². The quantitative estimate of drug-likeness (QED) is 0.866. The molecule has 0 fully saturated rings. The summed E-state index contributed by atoms with van der Waals surface area (Å²) in [4.78, 5) is 19.2. The Hall–Kier alpha value is -0.940. The Bertz CT molecular complexity index is 518. The number of hydrogen-bond acceptors (Lipinski definition) is 3. The maximum Gasteiger partial charge on any atom is 0.265 e. The minimum atomic E-state index is -0.150. The van der Waals surface area contributed by atoms with Crippen molar-refractivity contribution < 1.29 is 0 Å². The standard InChI is InChI=1S/C9H7BrN2OS/c1-5-2-3-14-7(5)8-11-4-6(10)9(13)12-8/h2-4H,1H3,(H,11,12,13). The first kappa shape index (κ1) is 9.61. The molecule has 5 heteroatoms. The van der Waals surface area contributed by atoms with E-state index in [4.69, 9.17) is 0 Å². The third kappa shape index (κ3) is 1.65. The van der Waals surface area contributed by atoms with Crippen molar-refractivity contribution in [2.75, 3.05) is 0 Å². The summed E-state index contributed by atoms with van der Waals surface area (Å²) in [5, 5.41) is 1.98. The summed E-state index contributed by atoms with van der Waals surface area (Å²) < 4.78 is 0.454. The van der Waals surface area contributed by atoms with Crippen LogP contribution >= 0.6 is 27.3 Å². The van der Waals surface area contributed by atoms with Gasteiger partial charge in [-0.05, 0) is 39.9 Å². The zero-order chi connectivity index (χ0) is 10.1. The second kappa shape index (κ2) is 3.67. The van der Waals surface area contributed by atoms with Crippen molar-refractivity contribution in [3.8, 4) is 10.7 Å². The number of hydrogen-bond donors (Lipinski definition) is 1. The maximum absolute atomic E-state index is 11.3. The highest BCUT2D eigenvalue weighted by Gasteiger charge is 2.06. The van der Waals surface area contributed by atoms with Gasteiger partial charge >= 0.3 is 0 Å². The van der Waals surface area contributed by atoms with Crippen molar-refractivity contribution in [2.24, 2.45) is 0 Å². The SMILES string of the molecule is Cc1ccsc1-c1ncc(Br)c(=O)[nH]1. The molecule has 0 aliphatic rings. The van der Waals surface area contributed by atoms with E-state index in [1.165, 1.54) is 6.20 Å². The highest BCUT2D eigenvalue weighted by Crippen LogP contribution is 2.25. The third-order valence-electron chi connectivity index (χ3n) is 1.83. The lowest BCUT2D eigenvalue weighted by atomic mass is 10.3. The minimum absolute atomic E-state index is 0.150. The number of rotatable bonds is 1. The molecule has 0 atom stereocenters. The molecule has 0 radical (unpaired) electrons. The molecule has 2 aromatic heterocycles. The summed E-state index contributed by atoms with van der Waals surface area (Å²) in [5.41, 5.74) is 0.975. The van der Waals surface area contributed by atoms with Gasteiger partial charge in [0.1, 0.15) is 10.3 Å². The number of aromatic nitrogens is 2. The Morgan fingerprint density at radius 3 is 2.93 bits per heavy atom. The maximum atomic E-state index is 11.3. The monoisotopic (exact) mass is 270 g/mol. The van der Waals surface area contributed by atoms with Crippen LogP contribution in [-0.2, 0) is 0 Å². The summed E-state index contributed by atoms with van der Waals surface area (Å²) in [6, 6.07) is 2.00. The summed E-state index contributed by atoms with van der Waals surface area (Å²) in [5.74, 6) is 0.630. The van der Waals surface area contributed by atoms with Gasteiger partial charge in [-0.2, -0.15) is 0 Å². The number of thiophene rings is 1. The van der Waals surface area contributed by atoms with Gasteiger partial charge in [-0.3, -0.25) is 4.79 Å². The van der Waals surface area contributed by atoms with Crippen LogP contribution in [0.15, 0.2) is 26.9 Å². The Labute approximate surface area is 93.0 Å². The molecule has 0 aliphatic carbocycles. The van der Waals surface area contributed by atoms with E-state index in [1.54, 1.807) is 11.3 Å². The average Bonchev–Trinajstić information content (AvgIpc) is 2.57. The van der Waals surface area contributed by atoms with Gasteiger partial charge in [0.15, 0.2) is 0 Å². The van der Waals surface area contributed by atoms with Crippen molar-refractivity contribution in [2.45, 2.75) is 6.92 Å². The molecule has 72 valence electrons. The third-order valence-corrected chi connectivity index (χ3v) is 3.42. The first-order chi connectivity index (χ1) is 6.68. The Morgan fingerprint density at radius 1 is 1.57 bits per heavy atom. The van der Waals surface area contributed by atoms with Gasteiger partial charge in [0.25, 0.3) is 5.56 Å². The molecule has 2 rings (SSSR count). The van der Waals surface area contributed by atoms with Crippen LogP contribution in [0, 0.1) is 6.92 Å². The molecule has 0 amide bonds. The predicted molar refractivity (Wildman–Crippen MR) is 60.6 cm³/mol. The molecule has 0 unspecified atom stereocenters. The second-order valence-electron chi connectivity index (χ2n) is 2.84. The van der Waals surface area contributed by atoms with Crippen LogP contribution < -0.4 is 5.56 Å². The number of aryl methyl sites for hydroxylation is 1. The largest absolute Gasteiger partial charge is 0.305 e. The van der Waals surface area contributed by atoms with E-state index < -0.39 is 0 Å². The lowest BCUT2D eigenvalue weighted by Crippen LogP contribution is -2.08. The van der Waals surface area contributed by atoms with Crippen LogP contribution in [0.2, 0.25) is 0 Å². The molecule has 3 nitrogen and oxygen atoms in total. The van der Waals surface area contributed by atoms with Gasteiger partial charge in [-0.15, -0.1) is 11.3 Å². The van der Waals surface area contributed by atoms with E-state index in [9.17, 15) is 4.79 Å². The van der Waals surface area contributed by atoms with Crippen molar-refractivity contribution in [3.63, 3.8) is 0 Å². The minimum Gasteiger partial charge on any atom is -0.305 e. The van der Waals surface area contributed by atoms with Gasteiger partial charge in [0.05, 0.1) is 4.88 Å². The lowest BCUT2D eigenvalue weighted by Gasteiger charge is -1.98. The van der Waals surface area contributed by atoms with Crippen LogP contribution in [0.3, 0.4) is 0 Å². The van der Waals surface area contributed by atoms with E-state index in [-0.39, 0.29) is 5.56 Å². The van der Waals surface area contributed by atoms with Gasteiger partial charge in [0, 0.05) is 6.20 Å². The Kier molecular flexibility index (Phi) is 2.52. The van der Waals surface area contributed by atoms with Crippen molar-refractivity contribution >= 4 is 27.3 Å². The fourth-order valence-electron chi connectivity index (χ4n) is 1.11. The van der Waals surface area contributed by atoms with Crippen LogP contribution in [0.4, 0.5) is 0 Å². The van der Waals surface area contributed by atoms with E-state index in [0.717, 1.165) is 10.4 Å². The summed E-state index contributed by atoms with van der Waals surface area (Å²) in [6.45, 7) is 1.99. The fraction of sp³-hybridized carbons (Fsp3) is 0.111. The molecule has 0 saturated heterocycles. The molecule has 2 aromatic rings. The number of nitrogens with zero attached hydrogens (tertiary/aromatic N) is 1. The predicted octanol–water partition coefficient (Wildman–Crippen LogP) is 2.57. The van der Waals surface area contributed by atoms with E-state index in [0.29, 0.717) is 10.3 Å². The smallest absolute Gasteiger partial charge is 0.265 e. The normalized spacial score (nSPS) is 10.4. The van der Waals surface area contributed by atoms with Crippen molar-refractivity contribution in [1.82, 2.24) is 9.97 Å². The number of nitrogens with one attached hydrogen (secondary N) is 1. The van der Waals surface area contributed by atoms with Gasteiger partial charge in [0.2, 0.25) is 0 Å². The highest BCUT2D eigenvalue weighted by atomic mass is 79.9. The molecule has 0 aromatic carbocycles. The lowest BCUT2D eigenvalue weighted by molar-refractivity contribution is 1.11. The molecule has 0 saturated carbocycles. The molecular formula is C9H7BrN2OS. The molecule has 2 heterocycles. The summed E-state index contributed by atoms with van der Waals surface area (Å²) >= 11 is 4.68. The van der Waals surface area contributed by atoms with Crippen molar-refractivity contribution in [1.29, 1.82) is 0 Å². The van der Waals surface area contributed by atoms with Gasteiger partial charge in [-0.25, -0.2) is 4.98 Å². The molecule has 0 spiro atoms. The van der Waals surface area contributed by atoms with Crippen LogP contribution in [0.5, 0.6) is 0 Å². The van der Waals surface area contributed by atoms with E-state index in [2.05, 4.69) is 25.9 Å². The Morgan fingerprint density at radius 2 is 2.36 bits per heavy atom. The first-order valence-electron chi connectivity index (χ1n) is 3.98. The second-order valence-corrected chi connectivity index (χ2v) is 4.61. The fourth-order valence-corrected chi connectivity index (χ4v) is 2.19. The first-order valence-corrected chi connectivity index (χ1v) is 5.65. The molecule has 14 heavy (non-hydrogen) atoms. The van der Waals surface area contributed by atoms with Gasteiger partial charge < -0.3 is 4.98 Å². The number of halogens is 1. The molecule has 1 N–H and O–H groups in total. The molecule has 0 aliphatic heterocycles. The van der Waals surface area contributed by atoms with Crippen LogP contribution in [0.1, 0.15) is 5.56 Å². The van der Waals surface area contributed by atoms with Crippen LogP contribution in [0.25, 0.3) is 10.7 Å². The molecular weight excluding hydrogens is 264 g/mol. The van der Waals surface area contributed by atoms with Crippen molar-refractivity contribution in [3.05, 3.63) is 38.0 Å². The number of H-pyrrole nitrogens is 1. The molecule has 0 bridgehead atoms. The highest BCUT2D eigenvalue weighted by molar-refractivity contribution is 9.10. The summed E-state index contributed by atoms with van der Waals surface area (Å²) in [7, 11) is 0. The van der Waals surface area contributed by atoms with E-state index in [1.807, 2.05) is 18.4 Å². The Balaban J connectivity index is 2.59. The average molecular weight is 271 g/mol. The van der Waals surface area contributed by atoms with Gasteiger partial charge in [-0.1, -0.05) is 0 Å². The topological polar surface area (TPSA) is 45.8 Å². The number of aromatic amines is 1.